The van der Waals surface area contributed by atoms with E-state index >= 15 is 0 Å². The molecule has 2 rings (SSSR count). The number of nitrogens with zero attached hydrogens (tertiary/aromatic N) is 1. The number of pyridine rings is 1. The lowest BCUT2D eigenvalue weighted by Crippen LogP contribution is -2.39. The van der Waals surface area contributed by atoms with Gasteiger partial charge in [-0.1, -0.05) is 19.8 Å². The number of rotatable bonds is 5. The Bertz CT molecular complexity index is 509. The van der Waals surface area contributed by atoms with E-state index in [-0.39, 0.29) is 5.56 Å². The van der Waals surface area contributed by atoms with Crippen LogP contribution in [0, 0.1) is 0 Å². The van der Waals surface area contributed by atoms with Gasteiger partial charge in [-0.3, -0.25) is 4.79 Å². The molecule has 0 aromatic carbocycles. The summed E-state index contributed by atoms with van der Waals surface area (Å²) in [5, 5.41) is 0. The summed E-state index contributed by atoms with van der Waals surface area (Å²) < 4.78 is 2.00. The molecule has 0 saturated carbocycles. The quantitative estimate of drug-likeness (QED) is 0.829. The van der Waals surface area contributed by atoms with Gasteiger partial charge in [0.1, 0.15) is 0 Å². The maximum atomic E-state index is 12.7. The van der Waals surface area contributed by atoms with Gasteiger partial charge in [0.25, 0.3) is 5.56 Å². The molecule has 0 amide bonds. The Morgan fingerprint density at radius 2 is 2.05 bits per heavy atom. The highest BCUT2D eigenvalue weighted by Gasteiger charge is 2.25. The second kappa shape index (κ2) is 5.49. The topological polar surface area (TPSA) is 48.0 Å². The lowest BCUT2D eigenvalue weighted by atomic mass is 9.95. The second-order valence-corrected chi connectivity index (χ2v) is 6.27. The highest BCUT2D eigenvalue weighted by molar-refractivity contribution is 5.33. The number of hydrogen-bond acceptors (Lipinski definition) is 2. The van der Waals surface area contributed by atoms with Gasteiger partial charge in [0, 0.05) is 23.3 Å². The molecule has 0 atom stereocenters. The molecule has 19 heavy (non-hydrogen) atoms. The van der Waals surface area contributed by atoms with Crippen LogP contribution in [-0.4, -0.2) is 4.57 Å². The predicted octanol–water partition coefficient (Wildman–Crippen LogP) is 2.72. The summed E-state index contributed by atoms with van der Waals surface area (Å²) >= 11 is 0. The second-order valence-electron chi connectivity index (χ2n) is 6.27. The molecule has 0 saturated heterocycles. The van der Waals surface area contributed by atoms with Crippen molar-refractivity contribution in [2.45, 2.75) is 71.4 Å². The molecule has 0 fully saturated rings. The lowest BCUT2D eigenvalue weighted by molar-refractivity contribution is 0.515. The third kappa shape index (κ3) is 2.92. The van der Waals surface area contributed by atoms with E-state index in [1.54, 1.807) is 0 Å². The molecule has 1 aliphatic carbocycles. The van der Waals surface area contributed by atoms with E-state index in [1.165, 1.54) is 24.1 Å². The average Bonchev–Trinajstić information content (AvgIpc) is 2.78. The molecule has 1 aromatic heterocycles. The molecule has 1 aliphatic rings. The van der Waals surface area contributed by atoms with Crippen molar-refractivity contribution in [3.05, 3.63) is 33.2 Å². The zero-order chi connectivity index (χ0) is 14.0. The summed E-state index contributed by atoms with van der Waals surface area (Å²) in [7, 11) is 0. The van der Waals surface area contributed by atoms with Crippen LogP contribution in [0.3, 0.4) is 0 Å². The molecule has 106 valence electrons. The normalized spacial score (nSPS) is 14.7. The molecule has 0 spiro atoms. The van der Waals surface area contributed by atoms with Crippen LogP contribution >= 0.6 is 0 Å². The van der Waals surface area contributed by atoms with Gasteiger partial charge in [0.15, 0.2) is 0 Å². The fourth-order valence-corrected chi connectivity index (χ4v) is 2.94. The highest BCUT2D eigenvalue weighted by atomic mass is 16.1. The molecule has 0 unspecified atom stereocenters. The maximum Gasteiger partial charge on any atom is 0.255 e. The molecule has 0 bridgehead atoms. The summed E-state index contributed by atoms with van der Waals surface area (Å²) in [6, 6.07) is 2.06. The smallest absolute Gasteiger partial charge is 0.255 e. The van der Waals surface area contributed by atoms with Crippen LogP contribution in [0.1, 0.15) is 63.3 Å². The maximum absolute atomic E-state index is 12.7. The molecule has 3 heteroatoms. The molecule has 3 nitrogen and oxygen atoms in total. The van der Waals surface area contributed by atoms with Crippen LogP contribution in [0.2, 0.25) is 0 Å². The minimum absolute atomic E-state index is 0.129. The number of hydrogen-bond donors (Lipinski definition) is 1. The van der Waals surface area contributed by atoms with Crippen molar-refractivity contribution in [1.29, 1.82) is 0 Å². The van der Waals surface area contributed by atoms with Gasteiger partial charge in [-0.05, 0) is 51.2 Å². The number of aromatic nitrogens is 1. The van der Waals surface area contributed by atoms with E-state index < -0.39 is 5.54 Å². The Morgan fingerprint density at radius 1 is 1.32 bits per heavy atom. The Balaban J connectivity index is 2.45. The summed E-state index contributed by atoms with van der Waals surface area (Å²) in [6.07, 6.45) is 6.74. The number of unbranched alkanes of at least 4 members (excludes halogenated alkanes) is 2. The Kier molecular flexibility index (Phi) is 4.14. The Labute approximate surface area is 115 Å². The largest absolute Gasteiger partial charge is 0.322 e. The Morgan fingerprint density at radius 3 is 2.68 bits per heavy atom. The zero-order valence-corrected chi connectivity index (χ0v) is 12.5. The third-order valence-corrected chi connectivity index (χ3v) is 4.03. The number of fused-ring (bicyclic) bond motifs is 1. The molecular weight excluding hydrogens is 236 g/mol. The first-order chi connectivity index (χ1) is 8.95. The fourth-order valence-electron chi connectivity index (χ4n) is 2.94. The van der Waals surface area contributed by atoms with E-state index in [1.807, 2.05) is 18.4 Å². The van der Waals surface area contributed by atoms with Gasteiger partial charge in [-0.15, -0.1) is 0 Å². The van der Waals surface area contributed by atoms with E-state index in [4.69, 9.17) is 5.73 Å². The molecule has 0 radical (unpaired) electrons. The van der Waals surface area contributed by atoms with Crippen LogP contribution in [0.4, 0.5) is 0 Å². The SMILES string of the molecule is CCCCCn1c2c(cc(C(C)(C)N)c1=O)CCC2. The minimum Gasteiger partial charge on any atom is -0.322 e. The van der Waals surface area contributed by atoms with E-state index in [0.717, 1.165) is 37.8 Å². The van der Waals surface area contributed by atoms with Gasteiger partial charge in [0.05, 0.1) is 0 Å². The summed E-state index contributed by atoms with van der Waals surface area (Å²) in [4.78, 5) is 12.7. The van der Waals surface area contributed by atoms with Gasteiger partial charge < -0.3 is 10.3 Å². The summed E-state index contributed by atoms with van der Waals surface area (Å²) in [6.45, 7) is 6.87. The Hall–Kier alpha value is -1.09. The molecule has 1 heterocycles. The van der Waals surface area contributed by atoms with Crippen molar-refractivity contribution >= 4 is 0 Å². The van der Waals surface area contributed by atoms with Crippen molar-refractivity contribution in [3.63, 3.8) is 0 Å². The predicted molar refractivity (Wildman–Crippen MR) is 79.5 cm³/mol. The first kappa shape index (κ1) is 14.3. The summed E-state index contributed by atoms with van der Waals surface area (Å²) in [5.74, 6) is 0. The first-order valence-electron chi connectivity index (χ1n) is 7.50. The molecule has 2 N–H and O–H groups in total. The zero-order valence-electron chi connectivity index (χ0n) is 12.5. The van der Waals surface area contributed by atoms with Crippen molar-refractivity contribution in [3.8, 4) is 0 Å². The van der Waals surface area contributed by atoms with Crippen molar-refractivity contribution < 1.29 is 0 Å². The van der Waals surface area contributed by atoms with Crippen molar-refractivity contribution in [2.24, 2.45) is 5.73 Å². The van der Waals surface area contributed by atoms with Crippen LogP contribution < -0.4 is 11.3 Å². The number of nitrogens with two attached hydrogens (primary N) is 1. The van der Waals surface area contributed by atoms with Crippen LogP contribution in [0.5, 0.6) is 0 Å². The fraction of sp³-hybridized carbons (Fsp3) is 0.688. The van der Waals surface area contributed by atoms with Crippen LogP contribution in [0.25, 0.3) is 0 Å². The molecule has 1 aromatic rings. The van der Waals surface area contributed by atoms with Gasteiger partial charge in [-0.25, -0.2) is 0 Å². The van der Waals surface area contributed by atoms with E-state index in [9.17, 15) is 4.79 Å². The van der Waals surface area contributed by atoms with Gasteiger partial charge in [0.2, 0.25) is 0 Å². The molecular formula is C16H26N2O. The van der Waals surface area contributed by atoms with Gasteiger partial charge >= 0.3 is 0 Å². The lowest BCUT2D eigenvalue weighted by Gasteiger charge is -2.22. The summed E-state index contributed by atoms with van der Waals surface area (Å²) in [5.41, 5.74) is 9.10. The first-order valence-corrected chi connectivity index (χ1v) is 7.50. The highest BCUT2D eigenvalue weighted by Crippen LogP contribution is 2.24. The van der Waals surface area contributed by atoms with E-state index in [2.05, 4.69) is 13.0 Å². The molecule has 0 aliphatic heterocycles. The standard InChI is InChI=1S/C16H26N2O/c1-4-5-6-10-18-14-9-7-8-12(14)11-13(15(18)19)16(2,3)17/h11H,4-10,17H2,1-3H3. The van der Waals surface area contributed by atoms with Gasteiger partial charge in [-0.2, -0.15) is 0 Å². The van der Waals surface area contributed by atoms with Crippen LogP contribution in [-0.2, 0) is 24.9 Å². The van der Waals surface area contributed by atoms with E-state index in [0.29, 0.717) is 0 Å². The monoisotopic (exact) mass is 262 g/mol. The van der Waals surface area contributed by atoms with Crippen LogP contribution in [0.15, 0.2) is 10.9 Å². The van der Waals surface area contributed by atoms with Crippen molar-refractivity contribution in [2.75, 3.05) is 0 Å². The third-order valence-electron chi connectivity index (χ3n) is 4.03. The minimum atomic E-state index is -0.554. The number of aryl methyl sites for hydroxylation is 1. The average molecular weight is 262 g/mol. The van der Waals surface area contributed by atoms with Crippen molar-refractivity contribution in [1.82, 2.24) is 4.57 Å².